The number of benzene rings is 1. The maximum Gasteiger partial charge on any atom is 0.272 e. The molecule has 5 heteroatoms. The van der Waals surface area contributed by atoms with E-state index < -0.39 is 6.41 Å². The molecule has 0 heterocycles. The van der Waals surface area contributed by atoms with Crippen molar-refractivity contribution in [3.05, 3.63) is 35.9 Å². The number of methoxy groups -OCH3 is 2. The molecule has 5 nitrogen and oxygen atoms in total. The lowest BCUT2D eigenvalue weighted by atomic mass is 10.2. The number of hydrogen-bond donors (Lipinski definition) is 1. The molecule has 0 saturated heterocycles. The van der Waals surface area contributed by atoms with Crippen LogP contribution in [0.2, 0.25) is 0 Å². The highest BCUT2D eigenvalue weighted by molar-refractivity contribution is 5.93. The first-order chi connectivity index (χ1) is 7.20. The quantitative estimate of drug-likeness (QED) is 0.341. The number of hydrazine groups is 1. The molecule has 0 aliphatic carbocycles. The van der Waals surface area contributed by atoms with E-state index >= 15 is 0 Å². The van der Waals surface area contributed by atoms with E-state index in [4.69, 9.17) is 15.3 Å². The van der Waals surface area contributed by atoms with Gasteiger partial charge in [-0.15, -0.1) is 0 Å². The summed E-state index contributed by atoms with van der Waals surface area (Å²) in [5.41, 5.74) is 0.485. The van der Waals surface area contributed by atoms with Gasteiger partial charge >= 0.3 is 0 Å². The highest BCUT2D eigenvalue weighted by atomic mass is 16.7. The summed E-state index contributed by atoms with van der Waals surface area (Å²) in [6.07, 6.45) is -0.877. The lowest BCUT2D eigenvalue weighted by Gasteiger charge is -2.24. The molecular formula is C10H14N2O3. The molecule has 0 unspecified atom stereocenters. The van der Waals surface area contributed by atoms with Crippen LogP contribution in [0.1, 0.15) is 10.4 Å². The molecule has 0 atom stereocenters. The van der Waals surface area contributed by atoms with Crippen LogP contribution in [0.3, 0.4) is 0 Å². The first kappa shape index (κ1) is 11.6. The summed E-state index contributed by atoms with van der Waals surface area (Å²) in [4.78, 5) is 11.7. The topological polar surface area (TPSA) is 64.8 Å². The fourth-order valence-electron chi connectivity index (χ4n) is 1.15. The zero-order chi connectivity index (χ0) is 11.3. The zero-order valence-electron chi connectivity index (χ0n) is 8.71. The molecule has 2 N–H and O–H groups in total. The van der Waals surface area contributed by atoms with Gasteiger partial charge < -0.3 is 9.47 Å². The molecule has 0 bridgehead atoms. The highest BCUT2D eigenvalue weighted by Crippen LogP contribution is 2.05. The Labute approximate surface area is 88.3 Å². The number of hydrogen-bond acceptors (Lipinski definition) is 4. The van der Waals surface area contributed by atoms with Gasteiger partial charge in [-0.05, 0) is 12.1 Å². The normalized spacial score (nSPS) is 10.4. The molecular weight excluding hydrogens is 196 g/mol. The average molecular weight is 210 g/mol. The molecule has 1 amide bonds. The van der Waals surface area contributed by atoms with E-state index in [0.717, 1.165) is 5.01 Å². The lowest BCUT2D eigenvalue weighted by Crippen LogP contribution is -2.47. The van der Waals surface area contributed by atoms with E-state index in [2.05, 4.69) is 0 Å². The number of amides is 1. The van der Waals surface area contributed by atoms with Crippen molar-refractivity contribution in [3.63, 3.8) is 0 Å². The standard InChI is InChI=1S/C10H14N2O3/c1-14-10(15-2)12(11)9(13)8-6-4-3-5-7-8/h3-7,10H,11H2,1-2H3. The third kappa shape index (κ3) is 2.76. The molecule has 0 aromatic heterocycles. The minimum absolute atomic E-state index is 0.357. The van der Waals surface area contributed by atoms with Crippen LogP contribution in [0.5, 0.6) is 0 Å². The van der Waals surface area contributed by atoms with Gasteiger partial charge in [0, 0.05) is 19.8 Å². The molecule has 0 radical (unpaired) electrons. The van der Waals surface area contributed by atoms with E-state index in [1.54, 1.807) is 24.3 Å². The second-order valence-electron chi connectivity index (χ2n) is 2.86. The molecule has 0 spiro atoms. The van der Waals surface area contributed by atoms with Gasteiger partial charge in [0.05, 0.1) is 0 Å². The van der Waals surface area contributed by atoms with Gasteiger partial charge in [-0.2, -0.15) is 0 Å². The Balaban J connectivity index is 2.77. The minimum atomic E-state index is -0.877. The van der Waals surface area contributed by atoms with Crippen molar-refractivity contribution >= 4 is 5.91 Å². The van der Waals surface area contributed by atoms with E-state index in [-0.39, 0.29) is 5.91 Å². The summed E-state index contributed by atoms with van der Waals surface area (Å²) >= 11 is 0. The Morgan fingerprint density at radius 2 is 1.80 bits per heavy atom. The Morgan fingerprint density at radius 1 is 1.27 bits per heavy atom. The van der Waals surface area contributed by atoms with Crippen LogP contribution >= 0.6 is 0 Å². The average Bonchev–Trinajstić information content (AvgIpc) is 2.30. The summed E-state index contributed by atoms with van der Waals surface area (Å²) in [7, 11) is 2.82. The smallest absolute Gasteiger partial charge is 0.272 e. The number of ether oxygens (including phenoxy) is 2. The van der Waals surface area contributed by atoms with Crippen LogP contribution in [0.25, 0.3) is 0 Å². The Kier molecular flexibility index (Phi) is 4.23. The van der Waals surface area contributed by atoms with E-state index in [9.17, 15) is 4.79 Å². The molecule has 0 saturated carbocycles. The van der Waals surface area contributed by atoms with Crippen LogP contribution in [0, 0.1) is 0 Å². The fourth-order valence-corrected chi connectivity index (χ4v) is 1.15. The van der Waals surface area contributed by atoms with Crippen LogP contribution in [0.4, 0.5) is 0 Å². The van der Waals surface area contributed by atoms with Crippen molar-refractivity contribution in [2.75, 3.05) is 14.2 Å². The number of nitrogens with two attached hydrogens (primary N) is 1. The predicted octanol–water partition coefficient (Wildman–Crippen LogP) is 0.579. The van der Waals surface area contributed by atoms with Crippen molar-refractivity contribution in [1.82, 2.24) is 5.01 Å². The van der Waals surface area contributed by atoms with Gasteiger partial charge in [0.1, 0.15) is 0 Å². The van der Waals surface area contributed by atoms with Crippen LogP contribution in [-0.4, -0.2) is 31.5 Å². The van der Waals surface area contributed by atoms with Gasteiger partial charge in [0.15, 0.2) is 0 Å². The second-order valence-corrected chi connectivity index (χ2v) is 2.86. The largest absolute Gasteiger partial charge is 0.338 e. The van der Waals surface area contributed by atoms with Crippen molar-refractivity contribution in [2.45, 2.75) is 6.41 Å². The first-order valence-electron chi connectivity index (χ1n) is 4.39. The number of rotatable bonds is 4. The summed E-state index contributed by atoms with van der Waals surface area (Å²) in [6, 6.07) is 8.68. The molecule has 0 fully saturated rings. The number of carbonyl (C=O) groups is 1. The van der Waals surface area contributed by atoms with E-state index in [1.165, 1.54) is 14.2 Å². The van der Waals surface area contributed by atoms with Crippen molar-refractivity contribution < 1.29 is 14.3 Å². The van der Waals surface area contributed by atoms with Crippen LogP contribution < -0.4 is 5.84 Å². The zero-order valence-corrected chi connectivity index (χ0v) is 8.71. The highest BCUT2D eigenvalue weighted by Gasteiger charge is 2.20. The van der Waals surface area contributed by atoms with E-state index in [0.29, 0.717) is 5.56 Å². The van der Waals surface area contributed by atoms with E-state index in [1.807, 2.05) is 6.07 Å². The molecule has 15 heavy (non-hydrogen) atoms. The van der Waals surface area contributed by atoms with Gasteiger partial charge in [-0.3, -0.25) is 4.79 Å². The molecule has 1 aromatic rings. The third-order valence-electron chi connectivity index (χ3n) is 1.89. The maximum atomic E-state index is 11.7. The van der Waals surface area contributed by atoms with Crippen molar-refractivity contribution in [1.29, 1.82) is 0 Å². The van der Waals surface area contributed by atoms with Crippen molar-refractivity contribution in [2.24, 2.45) is 5.84 Å². The summed E-state index contributed by atoms with van der Waals surface area (Å²) in [5, 5.41) is 0.898. The third-order valence-corrected chi connectivity index (χ3v) is 1.89. The Hall–Kier alpha value is -1.43. The molecule has 82 valence electrons. The summed E-state index contributed by atoms with van der Waals surface area (Å²) < 4.78 is 9.72. The minimum Gasteiger partial charge on any atom is -0.338 e. The number of nitrogens with zero attached hydrogens (tertiary/aromatic N) is 1. The lowest BCUT2D eigenvalue weighted by molar-refractivity contribution is -0.179. The summed E-state index contributed by atoms with van der Waals surface area (Å²) in [5.74, 6) is 5.19. The summed E-state index contributed by atoms with van der Waals surface area (Å²) in [6.45, 7) is 0. The number of carbonyl (C=O) groups excluding carboxylic acids is 1. The SMILES string of the molecule is COC(OC)N(N)C(=O)c1ccccc1. The second kappa shape index (κ2) is 5.45. The fraction of sp³-hybridized carbons (Fsp3) is 0.300. The van der Waals surface area contributed by atoms with Gasteiger partial charge in [-0.1, -0.05) is 18.2 Å². The first-order valence-corrected chi connectivity index (χ1v) is 4.39. The molecule has 0 aliphatic heterocycles. The van der Waals surface area contributed by atoms with Gasteiger partial charge in [0.2, 0.25) is 0 Å². The van der Waals surface area contributed by atoms with Crippen LogP contribution in [0.15, 0.2) is 30.3 Å². The van der Waals surface area contributed by atoms with Gasteiger partial charge in [0.25, 0.3) is 12.3 Å². The molecule has 1 rings (SSSR count). The van der Waals surface area contributed by atoms with Gasteiger partial charge in [-0.25, -0.2) is 10.9 Å². The van der Waals surface area contributed by atoms with Crippen LogP contribution in [-0.2, 0) is 9.47 Å². The molecule has 1 aromatic carbocycles. The molecule has 0 aliphatic rings. The maximum absolute atomic E-state index is 11.7. The monoisotopic (exact) mass is 210 g/mol. The van der Waals surface area contributed by atoms with Crippen molar-refractivity contribution in [3.8, 4) is 0 Å². The predicted molar refractivity (Wildman–Crippen MR) is 54.6 cm³/mol. The Morgan fingerprint density at radius 3 is 2.27 bits per heavy atom. The Bertz CT molecular complexity index is 312.